The number of hydrogen-bond acceptors (Lipinski definition) is 4. The van der Waals surface area contributed by atoms with Crippen molar-refractivity contribution in [1.82, 2.24) is 0 Å². The highest BCUT2D eigenvalue weighted by Crippen LogP contribution is 2.27. The van der Waals surface area contributed by atoms with Crippen molar-refractivity contribution >= 4 is 17.3 Å². The molecule has 1 saturated heterocycles. The topological polar surface area (TPSA) is 50.8 Å². The van der Waals surface area contributed by atoms with Crippen LogP contribution in [-0.4, -0.2) is 38.3 Å². The highest BCUT2D eigenvalue weighted by molar-refractivity contribution is 6.06. The van der Waals surface area contributed by atoms with E-state index in [1.165, 1.54) is 0 Å². The van der Waals surface area contributed by atoms with Crippen LogP contribution in [0.5, 0.6) is 5.75 Å². The lowest BCUT2D eigenvalue weighted by Crippen LogP contribution is -2.36. The first-order chi connectivity index (χ1) is 12.7. The number of carbonyl (C=O) groups is 1. The summed E-state index contributed by atoms with van der Waals surface area (Å²) < 4.78 is 11.2. The van der Waals surface area contributed by atoms with Crippen LogP contribution in [0.4, 0.5) is 11.4 Å². The van der Waals surface area contributed by atoms with E-state index in [-0.39, 0.29) is 12.0 Å². The Kier molecular flexibility index (Phi) is 6.12. The number of amides is 1. The molecule has 2 aromatic rings. The van der Waals surface area contributed by atoms with Gasteiger partial charge in [0, 0.05) is 18.7 Å². The molecule has 0 saturated carbocycles. The molecule has 0 spiro atoms. The van der Waals surface area contributed by atoms with Gasteiger partial charge in [-0.2, -0.15) is 0 Å². The van der Waals surface area contributed by atoms with Gasteiger partial charge in [-0.3, -0.25) is 4.79 Å². The van der Waals surface area contributed by atoms with E-state index >= 15 is 0 Å². The van der Waals surface area contributed by atoms with Gasteiger partial charge in [-0.15, -0.1) is 0 Å². The molecule has 5 nitrogen and oxygen atoms in total. The number of nitrogens with zero attached hydrogens (tertiary/aromatic N) is 1. The third-order valence-corrected chi connectivity index (χ3v) is 4.51. The summed E-state index contributed by atoms with van der Waals surface area (Å²) in [5.74, 6) is 0.578. The lowest BCUT2D eigenvalue weighted by molar-refractivity contribution is 0.102. The summed E-state index contributed by atoms with van der Waals surface area (Å²) in [5, 5.41) is 3.04. The maximum Gasteiger partial charge on any atom is 0.255 e. The van der Waals surface area contributed by atoms with Crippen molar-refractivity contribution < 1.29 is 14.3 Å². The van der Waals surface area contributed by atoms with E-state index < -0.39 is 0 Å². The molecule has 1 heterocycles. The molecule has 0 radical (unpaired) electrons. The minimum atomic E-state index is -0.139. The van der Waals surface area contributed by atoms with Gasteiger partial charge in [0.1, 0.15) is 5.75 Å². The second kappa shape index (κ2) is 8.72. The number of ether oxygens (including phenoxy) is 2. The van der Waals surface area contributed by atoms with Crippen LogP contribution < -0.4 is 15.0 Å². The summed E-state index contributed by atoms with van der Waals surface area (Å²) in [5.41, 5.74) is 2.42. The monoisotopic (exact) mass is 354 g/mol. The van der Waals surface area contributed by atoms with E-state index in [4.69, 9.17) is 9.47 Å². The average Bonchev–Trinajstić information content (AvgIpc) is 2.69. The molecule has 1 fully saturated rings. The van der Waals surface area contributed by atoms with Crippen LogP contribution in [0, 0.1) is 0 Å². The zero-order valence-electron chi connectivity index (χ0n) is 15.4. The van der Waals surface area contributed by atoms with Crippen molar-refractivity contribution in [1.29, 1.82) is 0 Å². The summed E-state index contributed by atoms with van der Waals surface area (Å²) in [7, 11) is 0. The Hall–Kier alpha value is -2.53. The number of hydrogen-bond donors (Lipinski definition) is 1. The van der Waals surface area contributed by atoms with Gasteiger partial charge in [0.25, 0.3) is 5.91 Å². The van der Waals surface area contributed by atoms with Crippen molar-refractivity contribution in [2.24, 2.45) is 0 Å². The fourth-order valence-electron chi connectivity index (χ4n) is 2.88. The molecule has 2 aromatic carbocycles. The van der Waals surface area contributed by atoms with Crippen molar-refractivity contribution in [3.63, 3.8) is 0 Å². The predicted molar refractivity (Wildman–Crippen MR) is 104 cm³/mol. The number of para-hydroxylation sites is 2. The molecule has 0 aliphatic carbocycles. The van der Waals surface area contributed by atoms with Crippen LogP contribution in [-0.2, 0) is 4.74 Å². The Balaban J connectivity index is 1.75. The van der Waals surface area contributed by atoms with Gasteiger partial charge in [0.2, 0.25) is 0 Å². The molecular weight excluding hydrogens is 328 g/mol. The summed E-state index contributed by atoms with van der Waals surface area (Å²) in [6.45, 7) is 7.15. The molecule has 1 amide bonds. The molecule has 1 aliphatic rings. The van der Waals surface area contributed by atoms with Gasteiger partial charge in [-0.1, -0.05) is 25.1 Å². The molecule has 3 rings (SSSR count). The number of nitrogens with one attached hydrogen (secondary N) is 1. The SMILES string of the molecule is CC[C@@H](C)Oc1cccc(C(=O)Nc2ccccc2N2CCOCC2)c1. The lowest BCUT2D eigenvalue weighted by atomic mass is 10.1. The number of rotatable bonds is 6. The Bertz CT molecular complexity index is 742. The van der Waals surface area contributed by atoms with Crippen molar-refractivity contribution in [2.45, 2.75) is 26.4 Å². The van der Waals surface area contributed by atoms with Crippen LogP contribution >= 0.6 is 0 Å². The first-order valence-corrected chi connectivity index (χ1v) is 9.17. The Morgan fingerprint density at radius 3 is 2.73 bits per heavy atom. The highest BCUT2D eigenvalue weighted by atomic mass is 16.5. The average molecular weight is 354 g/mol. The van der Waals surface area contributed by atoms with Gasteiger partial charge >= 0.3 is 0 Å². The predicted octanol–water partition coefficient (Wildman–Crippen LogP) is 3.95. The largest absolute Gasteiger partial charge is 0.491 e. The fraction of sp³-hybridized carbons (Fsp3) is 0.381. The van der Waals surface area contributed by atoms with Gasteiger partial charge in [-0.25, -0.2) is 0 Å². The van der Waals surface area contributed by atoms with E-state index in [1.54, 1.807) is 12.1 Å². The highest BCUT2D eigenvalue weighted by Gasteiger charge is 2.16. The summed E-state index contributed by atoms with van der Waals surface area (Å²) in [6.07, 6.45) is 1.04. The number of benzene rings is 2. The first kappa shape index (κ1) is 18.3. The van der Waals surface area contributed by atoms with Crippen LogP contribution in [0.3, 0.4) is 0 Å². The Morgan fingerprint density at radius 2 is 1.96 bits per heavy atom. The molecule has 1 aliphatic heterocycles. The maximum atomic E-state index is 12.7. The van der Waals surface area contributed by atoms with E-state index in [2.05, 4.69) is 17.1 Å². The second-order valence-corrected chi connectivity index (χ2v) is 6.44. The van der Waals surface area contributed by atoms with Gasteiger partial charge in [0.15, 0.2) is 0 Å². The summed E-state index contributed by atoms with van der Waals surface area (Å²) in [6, 6.07) is 15.2. The molecule has 138 valence electrons. The maximum absolute atomic E-state index is 12.7. The van der Waals surface area contributed by atoms with E-state index in [0.717, 1.165) is 30.9 Å². The van der Waals surface area contributed by atoms with E-state index in [1.807, 2.05) is 43.3 Å². The van der Waals surface area contributed by atoms with E-state index in [0.29, 0.717) is 24.5 Å². The molecule has 0 bridgehead atoms. The number of anilines is 2. The first-order valence-electron chi connectivity index (χ1n) is 9.17. The van der Waals surface area contributed by atoms with E-state index in [9.17, 15) is 4.79 Å². The van der Waals surface area contributed by atoms with Gasteiger partial charge in [-0.05, 0) is 43.7 Å². The molecule has 0 aromatic heterocycles. The van der Waals surface area contributed by atoms with Crippen molar-refractivity contribution in [2.75, 3.05) is 36.5 Å². The zero-order chi connectivity index (χ0) is 18.4. The van der Waals surface area contributed by atoms with Gasteiger partial charge < -0.3 is 19.7 Å². The molecule has 0 unspecified atom stereocenters. The van der Waals surface area contributed by atoms with Crippen molar-refractivity contribution in [3.8, 4) is 5.75 Å². The zero-order valence-corrected chi connectivity index (χ0v) is 15.4. The van der Waals surface area contributed by atoms with Crippen molar-refractivity contribution in [3.05, 3.63) is 54.1 Å². The van der Waals surface area contributed by atoms with Gasteiger partial charge in [0.05, 0.1) is 30.7 Å². The standard InChI is InChI=1S/C21H26N2O3/c1-3-16(2)26-18-8-6-7-17(15-18)21(24)22-19-9-4-5-10-20(19)23-11-13-25-14-12-23/h4-10,15-16H,3,11-14H2,1-2H3,(H,22,24)/t16-/m1/s1. The molecule has 1 N–H and O–H groups in total. The van der Waals surface area contributed by atoms with Crippen LogP contribution in [0.2, 0.25) is 0 Å². The molecule has 5 heteroatoms. The smallest absolute Gasteiger partial charge is 0.255 e. The quantitative estimate of drug-likeness (QED) is 0.853. The molecular formula is C21H26N2O3. The molecule has 26 heavy (non-hydrogen) atoms. The summed E-state index contributed by atoms with van der Waals surface area (Å²) in [4.78, 5) is 15.0. The third kappa shape index (κ3) is 4.55. The van der Waals surface area contributed by atoms with Crippen LogP contribution in [0.1, 0.15) is 30.6 Å². The van der Waals surface area contributed by atoms with Crippen LogP contribution in [0.25, 0.3) is 0 Å². The number of carbonyl (C=O) groups excluding carboxylic acids is 1. The number of morpholine rings is 1. The summed E-state index contributed by atoms with van der Waals surface area (Å²) >= 11 is 0. The Morgan fingerprint density at radius 1 is 1.19 bits per heavy atom. The third-order valence-electron chi connectivity index (χ3n) is 4.51. The fourth-order valence-corrected chi connectivity index (χ4v) is 2.88. The second-order valence-electron chi connectivity index (χ2n) is 6.44. The Labute approximate surface area is 154 Å². The van der Waals surface area contributed by atoms with Crippen LogP contribution in [0.15, 0.2) is 48.5 Å². The minimum absolute atomic E-state index is 0.121. The normalized spacial score (nSPS) is 15.4. The lowest BCUT2D eigenvalue weighted by Gasteiger charge is -2.30. The minimum Gasteiger partial charge on any atom is -0.491 e. The molecule has 1 atom stereocenters.